The van der Waals surface area contributed by atoms with E-state index in [9.17, 15) is 4.39 Å². The Morgan fingerprint density at radius 2 is 1.47 bits per heavy atom. The van der Waals surface area contributed by atoms with Gasteiger partial charge < -0.3 is 0 Å². The van der Waals surface area contributed by atoms with E-state index in [4.69, 9.17) is 0 Å². The van der Waals surface area contributed by atoms with E-state index in [1.165, 1.54) is 6.07 Å². The fourth-order valence-corrected chi connectivity index (χ4v) is 1.14. The van der Waals surface area contributed by atoms with Crippen LogP contribution in [0.2, 0.25) is 0 Å². The Morgan fingerprint density at radius 3 is 1.87 bits per heavy atom. The van der Waals surface area contributed by atoms with Crippen molar-refractivity contribution in [2.75, 3.05) is 0 Å². The summed E-state index contributed by atoms with van der Waals surface area (Å²) in [5.41, 5.74) is 0.381. The number of nitrogens with zero attached hydrogens (tertiary/aromatic N) is 2. The molecule has 0 N–H and O–H groups in total. The van der Waals surface area contributed by atoms with Gasteiger partial charge in [0.1, 0.15) is 5.82 Å². The first-order valence-electron chi connectivity index (χ1n) is 5.16. The van der Waals surface area contributed by atoms with Crippen molar-refractivity contribution in [3.8, 4) is 0 Å². The van der Waals surface area contributed by atoms with Crippen molar-refractivity contribution in [1.82, 2.24) is 9.97 Å². The number of hydrogen-bond acceptors (Lipinski definition) is 2. The molecule has 0 bridgehead atoms. The Bertz CT molecular complexity index is 327. The molecule has 15 heavy (non-hydrogen) atoms. The molecule has 2 nitrogen and oxygen atoms in total. The lowest BCUT2D eigenvalue weighted by Crippen LogP contribution is -2.22. The summed E-state index contributed by atoms with van der Waals surface area (Å²) < 4.78 is 13.3. The van der Waals surface area contributed by atoms with Crippen LogP contribution < -0.4 is 0 Å². The van der Waals surface area contributed by atoms with E-state index < -0.39 is 5.95 Å². The number of hydrogen-bond donors (Lipinski definition) is 0. The maximum atomic E-state index is 13.3. The molecule has 0 spiro atoms. The highest BCUT2D eigenvalue weighted by molar-refractivity contribution is 5.16. The van der Waals surface area contributed by atoms with Gasteiger partial charge in [-0.3, -0.25) is 0 Å². The Balaban J connectivity index is 3.30. The van der Waals surface area contributed by atoms with Crippen molar-refractivity contribution in [3.63, 3.8) is 0 Å². The van der Waals surface area contributed by atoms with Gasteiger partial charge in [0.05, 0.1) is 5.69 Å². The number of rotatable bonds is 0. The highest BCUT2D eigenvalue weighted by atomic mass is 19.1. The Hall–Kier alpha value is -0.990. The molecule has 1 aromatic heterocycles. The van der Waals surface area contributed by atoms with Gasteiger partial charge in [-0.05, 0) is 0 Å². The lowest BCUT2D eigenvalue weighted by molar-refractivity contribution is 0.475. The first-order chi connectivity index (χ1) is 6.60. The van der Waals surface area contributed by atoms with Crippen LogP contribution >= 0.6 is 0 Å². The Labute approximate surface area is 91.0 Å². The molecule has 0 aliphatic heterocycles. The molecule has 1 aromatic rings. The average Bonchev–Trinajstić information content (AvgIpc) is 1.99. The zero-order valence-corrected chi connectivity index (χ0v) is 10.3. The van der Waals surface area contributed by atoms with E-state index in [1.807, 2.05) is 41.5 Å². The summed E-state index contributed by atoms with van der Waals surface area (Å²) >= 11 is 0. The Morgan fingerprint density at radius 1 is 0.933 bits per heavy atom. The first-order valence-corrected chi connectivity index (χ1v) is 5.16. The second-order valence-corrected chi connectivity index (χ2v) is 5.90. The second-order valence-electron chi connectivity index (χ2n) is 5.90. The van der Waals surface area contributed by atoms with Crippen LogP contribution in [0.15, 0.2) is 6.07 Å². The van der Waals surface area contributed by atoms with Gasteiger partial charge in [-0.25, -0.2) is 9.97 Å². The zero-order chi connectivity index (χ0) is 11.9. The van der Waals surface area contributed by atoms with Crippen molar-refractivity contribution in [3.05, 3.63) is 23.5 Å². The number of aromatic nitrogens is 2. The molecule has 1 rings (SSSR count). The molecule has 0 unspecified atom stereocenters. The molecule has 0 fully saturated rings. The maximum Gasteiger partial charge on any atom is 0.216 e. The predicted octanol–water partition coefficient (Wildman–Crippen LogP) is 3.21. The summed E-state index contributed by atoms with van der Waals surface area (Å²) in [7, 11) is 0. The van der Waals surface area contributed by atoms with Crippen molar-refractivity contribution in [1.29, 1.82) is 0 Å². The van der Waals surface area contributed by atoms with E-state index in [0.29, 0.717) is 5.82 Å². The number of halogens is 1. The monoisotopic (exact) mass is 210 g/mol. The van der Waals surface area contributed by atoms with E-state index in [0.717, 1.165) is 5.69 Å². The molecule has 3 heteroatoms. The third kappa shape index (κ3) is 2.98. The van der Waals surface area contributed by atoms with E-state index in [1.54, 1.807) is 0 Å². The lowest BCUT2D eigenvalue weighted by Gasteiger charge is -2.22. The van der Waals surface area contributed by atoms with Gasteiger partial charge in [-0.1, -0.05) is 41.5 Å². The Kier molecular flexibility index (Phi) is 2.85. The summed E-state index contributed by atoms with van der Waals surface area (Å²) in [4.78, 5) is 8.27. The van der Waals surface area contributed by atoms with Crippen molar-refractivity contribution < 1.29 is 4.39 Å². The minimum atomic E-state index is -0.445. The van der Waals surface area contributed by atoms with Crippen LogP contribution in [-0.2, 0) is 10.8 Å². The zero-order valence-electron chi connectivity index (χ0n) is 10.3. The van der Waals surface area contributed by atoms with Crippen LogP contribution in [-0.4, -0.2) is 9.97 Å². The van der Waals surface area contributed by atoms with Gasteiger partial charge in [0, 0.05) is 16.9 Å². The normalized spacial score (nSPS) is 13.0. The largest absolute Gasteiger partial charge is 0.237 e. The van der Waals surface area contributed by atoms with Gasteiger partial charge >= 0.3 is 0 Å². The van der Waals surface area contributed by atoms with Crippen LogP contribution in [0.4, 0.5) is 4.39 Å². The van der Waals surface area contributed by atoms with E-state index in [2.05, 4.69) is 9.97 Å². The quantitative estimate of drug-likeness (QED) is 0.614. The molecule has 84 valence electrons. The highest BCUT2D eigenvalue weighted by Crippen LogP contribution is 2.24. The average molecular weight is 210 g/mol. The first kappa shape index (κ1) is 12.1. The minimum Gasteiger partial charge on any atom is -0.237 e. The fourth-order valence-electron chi connectivity index (χ4n) is 1.14. The van der Waals surface area contributed by atoms with Gasteiger partial charge in [0.15, 0.2) is 0 Å². The molecule has 1 heterocycles. The summed E-state index contributed by atoms with van der Waals surface area (Å²) in [5, 5.41) is 0. The molecule has 0 atom stereocenters. The van der Waals surface area contributed by atoms with Crippen LogP contribution in [0.25, 0.3) is 0 Å². The predicted molar refractivity (Wildman–Crippen MR) is 59.4 cm³/mol. The van der Waals surface area contributed by atoms with Crippen LogP contribution in [0, 0.1) is 5.95 Å². The van der Waals surface area contributed by atoms with Gasteiger partial charge in [-0.15, -0.1) is 0 Å². The summed E-state index contributed by atoms with van der Waals surface area (Å²) in [6.45, 7) is 12.0. The topological polar surface area (TPSA) is 25.8 Å². The van der Waals surface area contributed by atoms with Crippen LogP contribution in [0.1, 0.15) is 53.1 Å². The standard InChI is InChI=1S/C12H19FN2/c1-11(2,3)8-7-9(13)15-10(14-8)12(4,5)6/h7H,1-6H3. The molecule has 0 aliphatic rings. The third-order valence-corrected chi connectivity index (χ3v) is 2.13. The van der Waals surface area contributed by atoms with Crippen molar-refractivity contribution in [2.45, 2.75) is 52.4 Å². The smallest absolute Gasteiger partial charge is 0.216 e. The fraction of sp³-hybridized carbons (Fsp3) is 0.667. The van der Waals surface area contributed by atoms with Gasteiger partial charge in [0.25, 0.3) is 0 Å². The molecule has 0 aliphatic carbocycles. The molecular formula is C12H19FN2. The van der Waals surface area contributed by atoms with Crippen LogP contribution in [0.5, 0.6) is 0 Å². The summed E-state index contributed by atoms with van der Waals surface area (Å²) in [5.74, 6) is 0.118. The van der Waals surface area contributed by atoms with Gasteiger partial charge in [0.2, 0.25) is 5.95 Å². The molecular weight excluding hydrogens is 191 g/mol. The highest BCUT2D eigenvalue weighted by Gasteiger charge is 2.23. The minimum absolute atomic E-state index is 0.149. The third-order valence-electron chi connectivity index (χ3n) is 2.13. The molecule has 0 radical (unpaired) electrons. The SMILES string of the molecule is CC(C)(C)c1cc(F)nc(C(C)(C)C)n1. The van der Waals surface area contributed by atoms with Crippen molar-refractivity contribution in [2.24, 2.45) is 0 Å². The van der Waals surface area contributed by atoms with E-state index >= 15 is 0 Å². The molecule has 0 saturated carbocycles. The second kappa shape index (κ2) is 3.54. The van der Waals surface area contributed by atoms with Crippen LogP contribution in [0.3, 0.4) is 0 Å². The maximum absolute atomic E-state index is 13.3. The molecule has 0 amide bonds. The lowest BCUT2D eigenvalue weighted by atomic mass is 9.90. The van der Waals surface area contributed by atoms with Gasteiger partial charge in [-0.2, -0.15) is 4.39 Å². The summed E-state index contributed by atoms with van der Waals surface area (Å²) in [6, 6.07) is 1.41. The van der Waals surface area contributed by atoms with Crippen molar-refractivity contribution >= 4 is 0 Å². The molecule has 0 aromatic carbocycles. The summed E-state index contributed by atoms with van der Waals surface area (Å²) in [6.07, 6.45) is 0. The molecule has 0 saturated heterocycles. The van der Waals surface area contributed by atoms with E-state index in [-0.39, 0.29) is 10.8 Å².